The molecular weight excluding hydrogens is 516 g/mol. The standard InChI is InChI=1S/2C11H18O3S.Zr/c2*1-4-5-8-11(14-15(3,12)13)9-6-7-10(11)2;/h2*6-7,9H,4-5,8H2,1-3H3;. The zero-order valence-electron chi connectivity index (χ0n) is 19.5. The molecule has 2 aliphatic rings. The maximum atomic E-state index is 11.2. The van der Waals surface area contributed by atoms with Crippen LogP contribution in [0.15, 0.2) is 47.6 Å². The average molecular weight is 552 g/mol. The Kier molecular flexibility index (Phi) is 12.6. The second-order valence-corrected chi connectivity index (χ2v) is 11.1. The van der Waals surface area contributed by atoms with Crippen LogP contribution >= 0.6 is 0 Å². The minimum absolute atomic E-state index is 0. The number of rotatable bonds is 10. The maximum absolute atomic E-state index is 11.2. The average Bonchev–Trinajstić information content (AvgIpc) is 3.13. The summed E-state index contributed by atoms with van der Waals surface area (Å²) < 4.78 is 55.3. The van der Waals surface area contributed by atoms with Gasteiger partial charge in [0, 0.05) is 26.2 Å². The molecule has 6 nitrogen and oxygen atoms in total. The Balaban J connectivity index is 0.000000562. The Hall–Kier alpha value is -0.337. The summed E-state index contributed by atoms with van der Waals surface area (Å²) in [5, 5.41) is 0. The number of hydrogen-bond donors (Lipinski definition) is 0. The van der Waals surface area contributed by atoms with Gasteiger partial charge in [0.1, 0.15) is 11.2 Å². The van der Waals surface area contributed by atoms with Gasteiger partial charge in [0.05, 0.1) is 12.5 Å². The first-order valence-corrected chi connectivity index (χ1v) is 14.0. The molecular formula is C22H36O6S2Zr. The number of hydrogen-bond acceptors (Lipinski definition) is 6. The van der Waals surface area contributed by atoms with Crippen LogP contribution in [-0.2, 0) is 54.8 Å². The van der Waals surface area contributed by atoms with Crippen molar-refractivity contribution in [1.29, 1.82) is 0 Å². The van der Waals surface area contributed by atoms with Crippen LogP contribution in [-0.4, -0.2) is 40.5 Å². The maximum Gasteiger partial charge on any atom is 0.265 e. The van der Waals surface area contributed by atoms with Crippen molar-refractivity contribution in [2.24, 2.45) is 0 Å². The first-order chi connectivity index (χ1) is 13.8. The zero-order chi connectivity index (χ0) is 23.1. The molecule has 0 N–H and O–H groups in total. The Morgan fingerprint density at radius 2 is 1.06 bits per heavy atom. The molecule has 0 saturated carbocycles. The van der Waals surface area contributed by atoms with E-state index in [4.69, 9.17) is 8.37 Å². The molecule has 2 atom stereocenters. The summed E-state index contributed by atoms with van der Waals surface area (Å²) in [4.78, 5) is 0. The van der Waals surface area contributed by atoms with E-state index in [1.165, 1.54) is 0 Å². The topological polar surface area (TPSA) is 86.7 Å². The Labute approximate surface area is 208 Å². The van der Waals surface area contributed by atoms with Crippen molar-refractivity contribution in [2.75, 3.05) is 12.5 Å². The van der Waals surface area contributed by atoms with Gasteiger partial charge in [-0.25, -0.2) is 0 Å². The molecule has 0 radical (unpaired) electrons. The van der Waals surface area contributed by atoms with E-state index >= 15 is 0 Å². The molecule has 9 heteroatoms. The van der Waals surface area contributed by atoms with E-state index in [2.05, 4.69) is 13.8 Å². The van der Waals surface area contributed by atoms with Gasteiger partial charge in [0.25, 0.3) is 20.2 Å². The summed E-state index contributed by atoms with van der Waals surface area (Å²) in [6.45, 7) is 7.96. The van der Waals surface area contributed by atoms with E-state index < -0.39 is 31.4 Å². The fraction of sp³-hybridized carbons (Fsp3) is 0.636. The third-order valence-electron chi connectivity index (χ3n) is 5.16. The summed E-state index contributed by atoms with van der Waals surface area (Å²) in [7, 11) is -6.84. The van der Waals surface area contributed by atoms with Crippen LogP contribution in [0.2, 0.25) is 0 Å². The van der Waals surface area contributed by atoms with Crippen LogP contribution in [0.5, 0.6) is 0 Å². The molecule has 0 aromatic heterocycles. The number of unbranched alkanes of at least 4 members (excludes halogenated alkanes) is 2. The molecule has 0 saturated heterocycles. The third-order valence-corrected chi connectivity index (χ3v) is 6.36. The van der Waals surface area contributed by atoms with Gasteiger partial charge >= 0.3 is 0 Å². The summed E-state index contributed by atoms with van der Waals surface area (Å²) >= 11 is 0. The van der Waals surface area contributed by atoms with Gasteiger partial charge in [0.2, 0.25) is 0 Å². The molecule has 0 spiro atoms. The smallest absolute Gasteiger partial charge is 0.255 e. The van der Waals surface area contributed by atoms with Gasteiger partial charge in [-0.05, 0) is 50.0 Å². The largest absolute Gasteiger partial charge is 0.265 e. The molecule has 2 aliphatic carbocycles. The van der Waals surface area contributed by atoms with Gasteiger partial charge in [-0.15, -0.1) is 0 Å². The van der Waals surface area contributed by atoms with E-state index in [9.17, 15) is 16.8 Å². The van der Waals surface area contributed by atoms with Crippen molar-refractivity contribution in [1.82, 2.24) is 0 Å². The normalized spacial score (nSPS) is 24.8. The summed E-state index contributed by atoms with van der Waals surface area (Å²) in [6, 6.07) is 0. The Morgan fingerprint density at radius 3 is 1.26 bits per heavy atom. The van der Waals surface area contributed by atoms with Crippen molar-refractivity contribution < 1.29 is 51.4 Å². The van der Waals surface area contributed by atoms with Crippen LogP contribution in [0.1, 0.15) is 66.2 Å². The third kappa shape index (κ3) is 9.99. The van der Waals surface area contributed by atoms with Crippen LogP contribution in [0.25, 0.3) is 0 Å². The van der Waals surface area contributed by atoms with Crippen LogP contribution in [0, 0.1) is 0 Å². The summed E-state index contributed by atoms with van der Waals surface area (Å²) in [5.74, 6) is 0. The molecule has 0 aromatic rings. The summed E-state index contributed by atoms with van der Waals surface area (Å²) in [5.41, 5.74) is 0.482. The van der Waals surface area contributed by atoms with Crippen molar-refractivity contribution in [3.8, 4) is 0 Å². The van der Waals surface area contributed by atoms with Crippen LogP contribution in [0.3, 0.4) is 0 Å². The molecule has 2 unspecified atom stereocenters. The van der Waals surface area contributed by atoms with Crippen molar-refractivity contribution in [3.63, 3.8) is 0 Å². The molecule has 0 fully saturated rings. The fourth-order valence-corrected chi connectivity index (χ4v) is 5.11. The molecule has 0 aliphatic heterocycles. The fourth-order valence-electron chi connectivity index (χ4n) is 3.49. The van der Waals surface area contributed by atoms with E-state index in [1.807, 2.05) is 50.3 Å². The molecule has 0 heterocycles. The van der Waals surface area contributed by atoms with E-state index in [1.54, 1.807) is 0 Å². The van der Waals surface area contributed by atoms with Gasteiger partial charge in [-0.1, -0.05) is 63.8 Å². The molecule has 0 aromatic carbocycles. The zero-order valence-corrected chi connectivity index (χ0v) is 23.6. The quantitative estimate of drug-likeness (QED) is 0.362. The summed E-state index contributed by atoms with van der Waals surface area (Å²) in [6.07, 6.45) is 18.8. The van der Waals surface area contributed by atoms with Gasteiger partial charge in [-0.3, -0.25) is 8.37 Å². The van der Waals surface area contributed by atoms with Gasteiger partial charge in [-0.2, -0.15) is 16.8 Å². The molecule has 176 valence electrons. The minimum atomic E-state index is -3.42. The number of allylic oxidation sites excluding steroid dienone is 4. The van der Waals surface area contributed by atoms with Crippen molar-refractivity contribution >= 4 is 20.2 Å². The van der Waals surface area contributed by atoms with E-state index in [0.717, 1.165) is 62.2 Å². The Morgan fingerprint density at radius 1 is 0.742 bits per heavy atom. The molecule has 0 bridgehead atoms. The van der Waals surface area contributed by atoms with Gasteiger partial charge in [0.15, 0.2) is 0 Å². The second-order valence-electron chi connectivity index (χ2n) is 7.98. The van der Waals surface area contributed by atoms with Crippen LogP contribution < -0.4 is 0 Å². The molecule has 0 amide bonds. The van der Waals surface area contributed by atoms with Crippen LogP contribution in [0.4, 0.5) is 0 Å². The van der Waals surface area contributed by atoms with Crippen molar-refractivity contribution in [2.45, 2.75) is 77.4 Å². The molecule has 31 heavy (non-hydrogen) atoms. The van der Waals surface area contributed by atoms with E-state index in [-0.39, 0.29) is 26.2 Å². The monoisotopic (exact) mass is 550 g/mol. The Bertz CT molecular complexity index is 840. The second kappa shape index (κ2) is 12.8. The van der Waals surface area contributed by atoms with Gasteiger partial charge < -0.3 is 0 Å². The van der Waals surface area contributed by atoms with E-state index in [0.29, 0.717) is 0 Å². The minimum Gasteiger partial charge on any atom is -0.255 e. The first-order valence-electron chi connectivity index (χ1n) is 10.3. The van der Waals surface area contributed by atoms with Crippen molar-refractivity contribution in [3.05, 3.63) is 47.6 Å². The SMILES string of the molecule is CCCCC1(OS(C)(=O)=O)C=CC=C1C.CCCCC1(OS(C)(=O)=O)C=CC=C1C.[Zr]. The predicted octanol–water partition coefficient (Wildman–Crippen LogP) is 4.81. The molecule has 2 rings (SSSR count). The predicted molar refractivity (Wildman–Crippen MR) is 122 cm³/mol. The first kappa shape index (κ1) is 30.7.